The van der Waals surface area contributed by atoms with Crippen molar-refractivity contribution in [2.24, 2.45) is 5.92 Å². The van der Waals surface area contributed by atoms with E-state index >= 15 is 0 Å². The van der Waals surface area contributed by atoms with Crippen LogP contribution in [-0.4, -0.2) is 12.9 Å². The number of carbonyl (C=O) groups excluding carboxylic acids is 1. The molecule has 0 radical (unpaired) electrons. The Morgan fingerprint density at radius 3 is 2.53 bits per heavy atom. The summed E-state index contributed by atoms with van der Waals surface area (Å²) < 4.78 is 4.96. The fraction of sp³-hybridized carbons (Fsp3) is 0.308. The molecular weight excluding hydrogens is 188 g/mol. The minimum atomic E-state index is -0.0835. The van der Waals surface area contributed by atoms with E-state index in [-0.39, 0.29) is 11.7 Å². The smallest absolute Gasteiger partial charge is 0.166 e. The van der Waals surface area contributed by atoms with E-state index in [1.165, 1.54) is 0 Å². The number of ether oxygens (including phenoxy) is 1. The fourth-order valence-corrected chi connectivity index (χ4v) is 1.40. The van der Waals surface area contributed by atoms with E-state index in [1.807, 2.05) is 37.3 Å². The number of rotatable bonds is 5. The lowest BCUT2D eigenvalue weighted by Gasteiger charge is -2.11. The van der Waals surface area contributed by atoms with E-state index in [2.05, 4.69) is 6.58 Å². The Bertz CT molecular complexity index is 341. The molecule has 0 aliphatic heterocycles. The van der Waals surface area contributed by atoms with Gasteiger partial charge in [-0.15, -0.1) is 0 Å². The Hall–Kier alpha value is -1.57. The van der Waals surface area contributed by atoms with Crippen molar-refractivity contribution in [3.05, 3.63) is 48.2 Å². The van der Waals surface area contributed by atoms with Gasteiger partial charge in [-0.1, -0.05) is 43.8 Å². The summed E-state index contributed by atoms with van der Waals surface area (Å²) >= 11 is 0. The number of allylic oxidation sites excluding steroid dienone is 1. The second-order valence-electron chi connectivity index (χ2n) is 3.58. The average molecular weight is 204 g/mol. The standard InChI is InChI=1S/C13H16O2/c1-10(9-11(2)15-3)13(14)12-7-5-4-6-8-12/h4-8,10H,2,9H2,1,3H3. The van der Waals surface area contributed by atoms with E-state index in [4.69, 9.17) is 4.74 Å². The van der Waals surface area contributed by atoms with Gasteiger partial charge in [0.1, 0.15) is 0 Å². The van der Waals surface area contributed by atoms with Gasteiger partial charge in [0.15, 0.2) is 5.78 Å². The van der Waals surface area contributed by atoms with E-state index in [1.54, 1.807) is 7.11 Å². The summed E-state index contributed by atoms with van der Waals surface area (Å²) in [5, 5.41) is 0. The summed E-state index contributed by atoms with van der Waals surface area (Å²) in [4.78, 5) is 11.9. The molecule has 0 bridgehead atoms. The molecule has 0 aromatic heterocycles. The molecule has 0 heterocycles. The number of benzene rings is 1. The highest BCUT2D eigenvalue weighted by atomic mass is 16.5. The second kappa shape index (κ2) is 5.35. The third-order valence-electron chi connectivity index (χ3n) is 2.33. The number of hydrogen-bond acceptors (Lipinski definition) is 2. The molecule has 15 heavy (non-hydrogen) atoms. The highest BCUT2D eigenvalue weighted by molar-refractivity contribution is 5.97. The van der Waals surface area contributed by atoms with Crippen molar-refractivity contribution in [1.82, 2.24) is 0 Å². The predicted octanol–water partition coefficient (Wildman–Crippen LogP) is 3.06. The number of methoxy groups -OCH3 is 1. The van der Waals surface area contributed by atoms with Crippen LogP contribution in [0.3, 0.4) is 0 Å². The maximum atomic E-state index is 11.9. The van der Waals surface area contributed by atoms with Crippen LogP contribution < -0.4 is 0 Å². The SMILES string of the molecule is C=C(CC(C)C(=O)c1ccccc1)OC. The van der Waals surface area contributed by atoms with Gasteiger partial charge >= 0.3 is 0 Å². The van der Waals surface area contributed by atoms with Crippen molar-refractivity contribution < 1.29 is 9.53 Å². The van der Waals surface area contributed by atoms with Gasteiger partial charge in [0.2, 0.25) is 0 Å². The Morgan fingerprint density at radius 1 is 1.40 bits per heavy atom. The first-order valence-corrected chi connectivity index (χ1v) is 4.96. The molecule has 1 aromatic rings. The zero-order valence-corrected chi connectivity index (χ0v) is 9.19. The van der Waals surface area contributed by atoms with Gasteiger partial charge in [-0.25, -0.2) is 0 Å². The molecule has 0 fully saturated rings. The maximum absolute atomic E-state index is 11.9. The molecule has 1 unspecified atom stereocenters. The molecule has 0 aliphatic carbocycles. The molecule has 0 amide bonds. The van der Waals surface area contributed by atoms with Gasteiger partial charge < -0.3 is 4.74 Å². The van der Waals surface area contributed by atoms with Crippen LogP contribution in [0.5, 0.6) is 0 Å². The fourth-order valence-electron chi connectivity index (χ4n) is 1.40. The Balaban J connectivity index is 2.65. The summed E-state index contributed by atoms with van der Waals surface area (Å²) in [7, 11) is 1.57. The summed E-state index contributed by atoms with van der Waals surface area (Å²) in [6.07, 6.45) is 0.574. The van der Waals surface area contributed by atoms with Crippen LogP contribution in [0, 0.1) is 5.92 Å². The summed E-state index contributed by atoms with van der Waals surface area (Å²) in [6, 6.07) is 9.29. The van der Waals surface area contributed by atoms with Crippen molar-refractivity contribution in [2.45, 2.75) is 13.3 Å². The Morgan fingerprint density at radius 2 is 2.00 bits per heavy atom. The van der Waals surface area contributed by atoms with Crippen LogP contribution in [0.4, 0.5) is 0 Å². The maximum Gasteiger partial charge on any atom is 0.166 e. The molecule has 80 valence electrons. The lowest BCUT2D eigenvalue weighted by Crippen LogP contribution is -2.12. The number of Topliss-reactive ketones (excluding diaryl/α,β-unsaturated/α-hetero) is 1. The van der Waals surface area contributed by atoms with Gasteiger partial charge in [-0.3, -0.25) is 4.79 Å². The molecule has 0 aliphatic rings. The minimum Gasteiger partial charge on any atom is -0.502 e. The Kier molecular flexibility index (Phi) is 4.10. The van der Waals surface area contributed by atoms with Crippen molar-refractivity contribution in [1.29, 1.82) is 0 Å². The monoisotopic (exact) mass is 204 g/mol. The van der Waals surface area contributed by atoms with Crippen LogP contribution in [0.2, 0.25) is 0 Å². The van der Waals surface area contributed by atoms with Gasteiger partial charge in [0.25, 0.3) is 0 Å². The lowest BCUT2D eigenvalue weighted by atomic mass is 9.96. The van der Waals surface area contributed by atoms with Crippen molar-refractivity contribution >= 4 is 5.78 Å². The molecule has 0 spiro atoms. The first kappa shape index (κ1) is 11.5. The van der Waals surface area contributed by atoms with Crippen LogP contribution >= 0.6 is 0 Å². The normalized spacial score (nSPS) is 11.9. The zero-order valence-electron chi connectivity index (χ0n) is 9.19. The highest BCUT2D eigenvalue weighted by Gasteiger charge is 2.15. The van der Waals surface area contributed by atoms with Crippen LogP contribution in [-0.2, 0) is 4.74 Å². The van der Waals surface area contributed by atoms with Crippen LogP contribution in [0.1, 0.15) is 23.7 Å². The largest absolute Gasteiger partial charge is 0.502 e. The quantitative estimate of drug-likeness (QED) is 0.544. The molecule has 1 atom stereocenters. The van der Waals surface area contributed by atoms with Crippen LogP contribution in [0.25, 0.3) is 0 Å². The second-order valence-corrected chi connectivity index (χ2v) is 3.58. The highest BCUT2D eigenvalue weighted by Crippen LogP contribution is 2.15. The zero-order chi connectivity index (χ0) is 11.3. The predicted molar refractivity (Wildman–Crippen MR) is 60.7 cm³/mol. The van der Waals surface area contributed by atoms with E-state index in [0.717, 1.165) is 5.56 Å². The molecule has 0 N–H and O–H groups in total. The molecule has 2 heteroatoms. The Labute approximate surface area is 90.6 Å². The molecular formula is C13H16O2. The third-order valence-corrected chi connectivity index (χ3v) is 2.33. The van der Waals surface area contributed by atoms with Gasteiger partial charge in [-0.05, 0) is 0 Å². The molecule has 2 nitrogen and oxygen atoms in total. The van der Waals surface area contributed by atoms with Crippen molar-refractivity contribution in [3.63, 3.8) is 0 Å². The third kappa shape index (κ3) is 3.24. The average Bonchev–Trinajstić information content (AvgIpc) is 2.29. The topological polar surface area (TPSA) is 26.3 Å². The summed E-state index contributed by atoms with van der Waals surface area (Å²) in [6.45, 7) is 5.60. The summed E-state index contributed by atoms with van der Waals surface area (Å²) in [5.74, 6) is 0.695. The molecule has 0 saturated heterocycles. The van der Waals surface area contributed by atoms with E-state index in [9.17, 15) is 4.79 Å². The number of carbonyl (C=O) groups is 1. The van der Waals surface area contributed by atoms with Crippen molar-refractivity contribution in [2.75, 3.05) is 7.11 Å². The van der Waals surface area contributed by atoms with E-state index < -0.39 is 0 Å². The van der Waals surface area contributed by atoms with Gasteiger partial charge in [-0.2, -0.15) is 0 Å². The molecule has 0 saturated carbocycles. The first-order chi connectivity index (χ1) is 7.15. The number of ketones is 1. The lowest BCUT2D eigenvalue weighted by molar-refractivity contribution is 0.0918. The van der Waals surface area contributed by atoms with Crippen LogP contribution in [0.15, 0.2) is 42.7 Å². The molecule has 1 aromatic carbocycles. The minimum absolute atomic E-state index is 0.0835. The van der Waals surface area contributed by atoms with E-state index in [0.29, 0.717) is 12.2 Å². The van der Waals surface area contributed by atoms with Gasteiger partial charge in [0, 0.05) is 17.9 Å². The first-order valence-electron chi connectivity index (χ1n) is 4.96. The molecule has 1 rings (SSSR count). The number of hydrogen-bond donors (Lipinski definition) is 0. The van der Waals surface area contributed by atoms with Crippen molar-refractivity contribution in [3.8, 4) is 0 Å². The van der Waals surface area contributed by atoms with Gasteiger partial charge in [0.05, 0.1) is 12.9 Å². The summed E-state index contributed by atoms with van der Waals surface area (Å²) in [5.41, 5.74) is 0.744.